The molecule has 0 aromatic heterocycles. The summed E-state index contributed by atoms with van der Waals surface area (Å²) in [6.45, 7) is 3.15. The van der Waals surface area contributed by atoms with E-state index >= 15 is 0 Å². The van der Waals surface area contributed by atoms with Crippen LogP contribution in [-0.4, -0.2) is 43.4 Å². The number of nitrogens with one attached hydrogen (secondary N) is 1. The van der Waals surface area contributed by atoms with Gasteiger partial charge < -0.3 is 20.5 Å². The molecule has 0 aromatic carbocycles. The first-order chi connectivity index (χ1) is 9.65. The van der Waals surface area contributed by atoms with E-state index in [0.29, 0.717) is 12.6 Å². The second-order valence-corrected chi connectivity index (χ2v) is 6.08. The van der Waals surface area contributed by atoms with Crippen molar-refractivity contribution < 1.29 is 14.3 Å². The van der Waals surface area contributed by atoms with Gasteiger partial charge in [-0.05, 0) is 51.9 Å². The third-order valence-electron chi connectivity index (χ3n) is 4.29. The molecule has 1 aliphatic carbocycles. The van der Waals surface area contributed by atoms with Gasteiger partial charge in [-0.2, -0.15) is 0 Å². The van der Waals surface area contributed by atoms with Crippen LogP contribution in [0.25, 0.3) is 0 Å². The minimum Gasteiger partial charge on any atom is -0.376 e. The smallest absolute Gasteiger partial charge is 0.249 e. The molecule has 5 heteroatoms. The Hall–Kier alpha value is -0.650. The molecular formula is C15H28N2O3. The largest absolute Gasteiger partial charge is 0.376 e. The van der Waals surface area contributed by atoms with Crippen molar-refractivity contribution in [3.63, 3.8) is 0 Å². The van der Waals surface area contributed by atoms with Gasteiger partial charge in [0.2, 0.25) is 5.91 Å². The van der Waals surface area contributed by atoms with Gasteiger partial charge in [-0.3, -0.25) is 4.79 Å². The third-order valence-corrected chi connectivity index (χ3v) is 4.29. The molecule has 5 nitrogen and oxygen atoms in total. The fourth-order valence-corrected chi connectivity index (χ4v) is 2.85. The lowest BCUT2D eigenvalue weighted by Gasteiger charge is -2.28. The van der Waals surface area contributed by atoms with Crippen LogP contribution >= 0.6 is 0 Å². The van der Waals surface area contributed by atoms with Gasteiger partial charge in [0.05, 0.1) is 12.7 Å². The summed E-state index contributed by atoms with van der Waals surface area (Å²) in [6, 6.07) is 0.569. The molecule has 20 heavy (non-hydrogen) atoms. The van der Waals surface area contributed by atoms with Crippen molar-refractivity contribution in [1.29, 1.82) is 0 Å². The zero-order valence-corrected chi connectivity index (χ0v) is 12.5. The lowest BCUT2D eigenvalue weighted by Crippen LogP contribution is -2.45. The van der Waals surface area contributed by atoms with Crippen molar-refractivity contribution >= 4 is 5.91 Å². The van der Waals surface area contributed by atoms with Crippen LogP contribution in [0.5, 0.6) is 0 Å². The molecule has 1 amide bonds. The lowest BCUT2D eigenvalue weighted by molar-refractivity contribution is -0.136. The Labute approximate surface area is 121 Å². The van der Waals surface area contributed by atoms with E-state index in [4.69, 9.17) is 15.2 Å². The van der Waals surface area contributed by atoms with Gasteiger partial charge in [-0.15, -0.1) is 0 Å². The zero-order chi connectivity index (χ0) is 14.4. The number of hydrogen-bond donors (Lipinski definition) is 2. The molecule has 1 aliphatic heterocycles. The van der Waals surface area contributed by atoms with Crippen LogP contribution < -0.4 is 11.1 Å². The van der Waals surface area contributed by atoms with Crippen molar-refractivity contribution in [3.05, 3.63) is 0 Å². The van der Waals surface area contributed by atoms with Gasteiger partial charge in [-0.1, -0.05) is 0 Å². The highest BCUT2D eigenvalue weighted by molar-refractivity contribution is 5.80. The average molecular weight is 284 g/mol. The molecule has 0 spiro atoms. The van der Waals surface area contributed by atoms with Gasteiger partial charge in [-0.25, -0.2) is 0 Å². The molecule has 2 rings (SSSR count). The second kappa shape index (κ2) is 7.96. The Balaban J connectivity index is 1.63. The number of amides is 1. The summed E-state index contributed by atoms with van der Waals surface area (Å²) in [6.07, 6.45) is 7.06. The van der Waals surface area contributed by atoms with E-state index in [2.05, 4.69) is 5.32 Å². The Morgan fingerprint density at radius 2 is 2.05 bits per heavy atom. The zero-order valence-electron chi connectivity index (χ0n) is 12.5. The fraction of sp³-hybridized carbons (Fsp3) is 0.933. The molecule has 116 valence electrons. The van der Waals surface area contributed by atoms with E-state index in [0.717, 1.165) is 45.1 Å². The summed E-state index contributed by atoms with van der Waals surface area (Å²) in [5.74, 6) is -0.0127. The number of carbonyl (C=O) groups excluding carboxylic acids is 1. The summed E-state index contributed by atoms with van der Waals surface area (Å²) in [7, 11) is 0. The number of hydrogen-bond acceptors (Lipinski definition) is 4. The van der Waals surface area contributed by atoms with Gasteiger partial charge in [0.1, 0.15) is 6.10 Å². The average Bonchev–Trinajstić information content (AvgIpc) is 2.48. The van der Waals surface area contributed by atoms with E-state index in [1.54, 1.807) is 0 Å². The first-order valence-corrected chi connectivity index (χ1v) is 7.94. The van der Waals surface area contributed by atoms with Gasteiger partial charge in [0, 0.05) is 18.7 Å². The molecule has 1 heterocycles. The van der Waals surface area contributed by atoms with E-state index in [1.807, 2.05) is 6.92 Å². The van der Waals surface area contributed by atoms with Crippen molar-refractivity contribution in [3.8, 4) is 0 Å². The molecule has 0 radical (unpaired) electrons. The molecule has 2 aliphatic rings. The first-order valence-electron chi connectivity index (χ1n) is 7.94. The summed E-state index contributed by atoms with van der Waals surface area (Å²) >= 11 is 0. The molecule has 2 atom stereocenters. The highest BCUT2D eigenvalue weighted by atomic mass is 16.5. The monoisotopic (exact) mass is 284 g/mol. The van der Waals surface area contributed by atoms with E-state index in [1.165, 1.54) is 6.42 Å². The predicted molar refractivity (Wildman–Crippen MR) is 77.4 cm³/mol. The summed E-state index contributed by atoms with van der Waals surface area (Å²) in [4.78, 5) is 12.1. The van der Waals surface area contributed by atoms with E-state index in [-0.39, 0.29) is 18.1 Å². The van der Waals surface area contributed by atoms with Crippen LogP contribution in [0.15, 0.2) is 0 Å². The van der Waals surface area contributed by atoms with Crippen LogP contribution in [0.4, 0.5) is 0 Å². The molecule has 1 saturated heterocycles. The highest BCUT2D eigenvalue weighted by Gasteiger charge is 2.23. The van der Waals surface area contributed by atoms with Crippen LogP contribution in [0, 0.1) is 0 Å². The maximum absolute atomic E-state index is 12.1. The van der Waals surface area contributed by atoms with E-state index in [9.17, 15) is 4.79 Å². The Morgan fingerprint density at radius 1 is 1.30 bits per heavy atom. The Kier molecular flexibility index (Phi) is 6.26. The number of carbonyl (C=O) groups is 1. The van der Waals surface area contributed by atoms with Crippen LogP contribution in [0.3, 0.4) is 0 Å². The molecule has 2 fully saturated rings. The maximum atomic E-state index is 12.1. The van der Waals surface area contributed by atoms with Gasteiger partial charge in [0.15, 0.2) is 0 Å². The van der Waals surface area contributed by atoms with Gasteiger partial charge >= 0.3 is 0 Å². The SMILES string of the molecule is CC(OCC1CCCCO1)C(=O)NC1CCC(N)CC1. The quantitative estimate of drug-likeness (QED) is 0.799. The molecule has 0 aromatic rings. The third kappa shape index (κ3) is 5.04. The van der Waals surface area contributed by atoms with Crippen LogP contribution in [-0.2, 0) is 14.3 Å². The highest BCUT2D eigenvalue weighted by Crippen LogP contribution is 2.17. The predicted octanol–water partition coefficient (Wildman–Crippen LogP) is 1.35. The number of ether oxygens (including phenoxy) is 2. The fourth-order valence-electron chi connectivity index (χ4n) is 2.85. The molecular weight excluding hydrogens is 256 g/mol. The van der Waals surface area contributed by atoms with Crippen molar-refractivity contribution in [2.24, 2.45) is 5.73 Å². The molecule has 0 bridgehead atoms. The lowest BCUT2D eigenvalue weighted by atomic mass is 9.92. The van der Waals surface area contributed by atoms with Gasteiger partial charge in [0.25, 0.3) is 0 Å². The summed E-state index contributed by atoms with van der Waals surface area (Å²) in [5, 5.41) is 3.07. The first kappa shape index (κ1) is 15.7. The standard InChI is InChI=1S/C15H28N2O3/c1-11(20-10-14-4-2-3-9-19-14)15(18)17-13-7-5-12(16)6-8-13/h11-14H,2-10,16H2,1H3,(H,17,18). The van der Waals surface area contributed by atoms with E-state index < -0.39 is 6.10 Å². The molecule has 3 N–H and O–H groups in total. The summed E-state index contributed by atoms with van der Waals surface area (Å²) in [5.41, 5.74) is 5.87. The number of rotatable bonds is 5. The minimum atomic E-state index is -0.406. The van der Waals surface area contributed by atoms with Crippen LogP contribution in [0.1, 0.15) is 51.9 Å². The van der Waals surface area contributed by atoms with Crippen LogP contribution in [0.2, 0.25) is 0 Å². The second-order valence-electron chi connectivity index (χ2n) is 6.08. The maximum Gasteiger partial charge on any atom is 0.249 e. The van der Waals surface area contributed by atoms with Crippen molar-refractivity contribution in [2.45, 2.75) is 76.2 Å². The molecule has 1 saturated carbocycles. The Bertz CT molecular complexity index is 297. The van der Waals surface area contributed by atoms with Crippen molar-refractivity contribution in [1.82, 2.24) is 5.32 Å². The topological polar surface area (TPSA) is 73.6 Å². The normalized spacial score (nSPS) is 32.6. The van der Waals surface area contributed by atoms with Crippen molar-refractivity contribution in [2.75, 3.05) is 13.2 Å². The minimum absolute atomic E-state index is 0.0127. The summed E-state index contributed by atoms with van der Waals surface area (Å²) < 4.78 is 11.2. The molecule has 2 unspecified atom stereocenters. The Morgan fingerprint density at radius 3 is 2.70 bits per heavy atom. The number of nitrogens with two attached hydrogens (primary N) is 1.